The molecule has 0 aliphatic rings. The van der Waals surface area contributed by atoms with Gasteiger partial charge in [-0.2, -0.15) is 11.8 Å². The standard InChI is InChI=1S/C19H22N2O4S/c1-13(22)7-5-6-8-14-9-11-15(12-10-14)17(23)20-16(18(24)21-25)19(2,3)26-4/h9-13,16,22,25H,1-4H3,(H,20,23)(H,21,24)/t13?,16-/m1/s1. The third-order valence-electron chi connectivity index (χ3n) is 3.57. The van der Waals surface area contributed by atoms with Gasteiger partial charge in [0.05, 0.1) is 0 Å². The number of aliphatic hydroxyl groups is 1. The molecule has 1 aromatic rings. The van der Waals surface area contributed by atoms with Crippen LogP contribution in [0.2, 0.25) is 0 Å². The second-order valence-corrected chi connectivity index (χ2v) is 7.42. The first-order valence-electron chi connectivity index (χ1n) is 7.81. The molecule has 4 N–H and O–H groups in total. The third kappa shape index (κ3) is 6.45. The molecule has 0 heterocycles. The fraction of sp³-hybridized carbons (Fsp3) is 0.368. The topological polar surface area (TPSA) is 98.7 Å². The van der Waals surface area contributed by atoms with Gasteiger partial charge >= 0.3 is 0 Å². The fourth-order valence-electron chi connectivity index (χ4n) is 1.90. The summed E-state index contributed by atoms with van der Waals surface area (Å²) in [5, 5.41) is 20.6. The van der Waals surface area contributed by atoms with Gasteiger partial charge in [-0.25, -0.2) is 5.48 Å². The summed E-state index contributed by atoms with van der Waals surface area (Å²) < 4.78 is -0.615. The Balaban J connectivity index is 2.90. The monoisotopic (exact) mass is 374 g/mol. The minimum atomic E-state index is -0.912. The van der Waals surface area contributed by atoms with E-state index in [4.69, 9.17) is 10.3 Å². The largest absolute Gasteiger partial charge is 0.381 e. The lowest BCUT2D eigenvalue weighted by molar-refractivity contribution is -0.131. The van der Waals surface area contributed by atoms with Crippen molar-refractivity contribution in [3.63, 3.8) is 0 Å². The minimum absolute atomic E-state index is 0.359. The summed E-state index contributed by atoms with van der Waals surface area (Å²) in [7, 11) is 0. The Morgan fingerprint density at radius 2 is 1.81 bits per heavy atom. The molecule has 0 aliphatic carbocycles. The second-order valence-electron chi connectivity index (χ2n) is 5.96. The molecule has 26 heavy (non-hydrogen) atoms. The number of hydroxylamine groups is 1. The molecule has 138 valence electrons. The maximum Gasteiger partial charge on any atom is 0.267 e. The van der Waals surface area contributed by atoms with Gasteiger partial charge in [-0.1, -0.05) is 11.8 Å². The van der Waals surface area contributed by atoms with Crippen molar-refractivity contribution in [1.82, 2.24) is 10.8 Å². The Kier molecular flexibility index (Phi) is 8.21. The van der Waals surface area contributed by atoms with E-state index in [1.165, 1.54) is 11.8 Å². The zero-order valence-corrected chi connectivity index (χ0v) is 15.9. The van der Waals surface area contributed by atoms with Gasteiger partial charge in [0, 0.05) is 15.9 Å². The highest BCUT2D eigenvalue weighted by molar-refractivity contribution is 8.00. The normalized spacial score (nSPS) is 12.5. The highest BCUT2D eigenvalue weighted by Gasteiger charge is 2.36. The fourth-order valence-corrected chi connectivity index (χ4v) is 2.30. The number of benzene rings is 1. The van der Waals surface area contributed by atoms with Crippen LogP contribution in [0.4, 0.5) is 0 Å². The first-order valence-corrected chi connectivity index (χ1v) is 9.03. The molecule has 0 saturated heterocycles. The van der Waals surface area contributed by atoms with Crippen molar-refractivity contribution < 1.29 is 19.9 Å². The molecular weight excluding hydrogens is 352 g/mol. The predicted molar refractivity (Wildman–Crippen MR) is 102 cm³/mol. The third-order valence-corrected chi connectivity index (χ3v) is 4.85. The number of amides is 2. The molecule has 0 spiro atoms. The van der Waals surface area contributed by atoms with Crippen LogP contribution in [0.3, 0.4) is 0 Å². The van der Waals surface area contributed by atoms with Gasteiger partial charge in [-0.3, -0.25) is 14.8 Å². The Morgan fingerprint density at radius 3 is 2.31 bits per heavy atom. The van der Waals surface area contributed by atoms with Crippen molar-refractivity contribution in [2.45, 2.75) is 37.7 Å². The lowest BCUT2D eigenvalue weighted by Gasteiger charge is -2.31. The zero-order valence-electron chi connectivity index (χ0n) is 15.1. The molecule has 7 heteroatoms. The maximum atomic E-state index is 12.4. The van der Waals surface area contributed by atoms with Gasteiger partial charge in [-0.15, -0.1) is 0 Å². The molecule has 0 fully saturated rings. The molecule has 0 bridgehead atoms. The van der Waals surface area contributed by atoms with Crippen LogP contribution in [0, 0.1) is 23.7 Å². The van der Waals surface area contributed by atoms with Crippen molar-refractivity contribution in [2.75, 3.05) is 6.26 Å². The SMILES string of the molecule is CSC(C)(C)[C@H](NC(=O)c1ccc(C#CC#CC(C)O)cc1)C(=O)NO. The summed E-state index contributed by atoms with van der Waals surface area (Å²) in [5.41, 5.74) is 2.61. The molecule has 2 atom stereocenters. The number of carbonyl (C=O) groups excluding carboxylic acids is 2. The van der Waals surface area contributed by atoms with Gasteiger partial charge in [0.15, 0.2) is 0 Å². The summed E-state index contributed by atoms with van der Waals surface area (Å²) in [6.07, 6.45) is 1.09. The quantitative estimate of drug-likeness (QED) is 0.352. The van der Waals surface area contributed by atoms with E-state index >= 15 is 0 Å². The Morgan fingerprint density at radius 1 is 1.19 bits per heavy atom. The van der Waals surface area contributed by atoms with Gasteiger partial charge in [-0.05, 0) is 63.1 Å². The van der Waals surface area contributed by atoms with Crippen molar-refractivity contribution in [3.05, 3.63) is 35.4 Å². The van der Waals surface area contributed by atoms with Crippen LogP contribution >= 0.6 is 11.8 Å². The first kappa shape index (κ1) is 21.6. The average Bonchev–Trinajstić information content (AvgIpc) is 2.62. The van der Waals surface area contributed by atoms with Crippen LogP contribution in [-0.4, -0.2) is 45.3 Å². The molecule has 6 nitrogen and oxygen atoms in total. The van der Waals surface area contributed by atoms with Gasteiger partial charge < -0.3 is 10.4 Å². The van der Waals surface area contributed by atoms with E-state index in [0.29, 0.717) is 11.1 Å². The summed E-state index contributed by atoms with van der Waals surface area (Å²) in [6, 6.07) is 5.58. The van der Waals surface area contributed by atoms with Crippen LogP contribution in [-0.2, 0) is 4.79 Å². The summed E-state index contributed by atoms with van der Waals surface area (Å²) >= 11 is 1.40. The number of hydrogen-bond acceptors (Lipinski definition) is 5. The van der Waals surface area contributed by atoms with Crippen LogP contribution in [0.1, 0.15) is 36.7 Å². The second kappa shape index (κ2) is 9.88. The smallest absolute Gasteiger partial charge is 0.267 e. The van der Waals surface area contributed by atoms with Crippen LogP contribution < -0.4 is 10.8 Å². The average molecular weight is 374 g/mol. The van der Waals surface area contributed by atoms with E-state index < -0.39 is 28.7 Å². The number of thioether (sulfide) groups is 1. The van der Waals surface area contributed by atoms with E-state index in [-0.39, 0.29) is 0 Å². The molecule has 1 aromatic carbocycles. The van der Waals surface area contributed by atoms with Crippen LogP contribution in [0.25, 0.3) is 0 Å². The number of aliphatic hydroxyl groups excluding tert-OH is 1. The van der Waals surface area contributed by atoms with Crippen LogP contribution in [0.15, 0.2) is 24.3 Å². The summed E-state index contributed by atoms with van der Waals surface area (Å²) in [4.78, 5) is 24.3. The van der Waals surface area contributed by atoms with Crippen LogP contribution in [0.5, 0.6) is 0 Å². The number of hydrogen-bond donors (Lipinski definition) is 4. The highest BCUT2D eigenvalue weighted by Crippen LogP contribution is 2.26. The number of rotatable bonds is 5. The molecule has 1 unspecified atom stereocenters. The maximum absolute atomic E-state index is 12.4. The van der Waals surface area contributed by atoms with Gasteiger partial charge in [0.2, 0.25) is 0 Å². The summed E-state index contributed by atoms with van der Waals surface area (Å²) in [5.74, 6) is 9.33. The molecule has 0 aromatic heterocycles. The predicted octanol–water partition coefficient (Wildman–Crippen LogP) is 1.17. The van der Waals surface area contributed by atoms with Crippen molar-refractivity contribution in [3.8, 4) is 23.7 Å². The van der Waals surface area contributed by atoms with E-state index in [2.05, 4.69) is 29.0 Å². The zero-order chi connectivity index (χ0) is 19.7. The van der Waals surface area contributed by atoms with Crippen molar-refractivity contribution in [1.29, 1.82) is 0 Å². The highest BCUT2D eigenvalue weighted by atomic mass is 32.2. The van der Waals surface area contributed by atoms with E-state index in [0.717, 1.165) is 0 Å². The van der Waals surface area contributed by atoms with E-state index in [1.807, 2.05) is 6.26 Å². The molecule has 1 rings (SSSR count). The number of nitrogens with one attached hydrogen (secondary N) is 2. The van der Waals surface area contributed by atoms with Crippen molar-refractivity contribution >= 4 is 23.6 Å². The summed E-state index contributed by atoms with van der Waals surface area (Å²) in [6.45, 7) is 5.14. The molecule has 0 saturated carbocycles. The number of carbonyl (C=O) groups is 2. The van der Waals surface area contributed by atoms with E-state index in [9.17, 15) is 9.59 Å². The van der Waals surface area contributed by atoms with Crippen molar-refractivity contribution in [2.24, 2.45) is 0 Å². The molecular formula is C19H22N2O4S. The Hall–Kier alpha value is -2.45. The lowest BCUT2D eigenvalue weighted by Crippen LogP contribution is -2.55. The lowest BCUT2D eigenvalue weighted by atomic mass is 10.0. The Labute approximate surface area is 157 Å². The van der Waals surface area contributed by atoms with Gasteiger partial charge in [0.1, 0.15) is 12.1 Å². The Bertz CT molecular complexity index is 765. The minimum Gasteiger partial charge on any atom is -0.381 e. The first-order chi connectivity index (χ1) is 12.2. The molecule has 2 amide bonds. The molecule has 0 radical (unpaired) electrons. The van der Waals surface area contributed by atoms with Gasteiger partial charge in [0.25, 0.3) is 11.8 Å². The van der Waals surface area contributed by atoms with E-state index in [1.54, 1.807) is 50.5 Å². The molecule has 0 aliphatic heterocycles.